The number of nitrogens with two attached hydrogens (primary N) is 1. The van der Waals surface area contributed by atoms with Crippen LogP contribution >= 0.6 is 23.2 Å². The van der Waals surface area contributed by atoms with Crippen molar-refractivity contribution in [2.45, 2.75) is 109 Å². The molecule has 0 radical (unpaired) electrons. The molecule has 8 nitrogen and oxygen atoms in total. The monoisotopic (exact) mass is 676 g/mol. The number of carbonyl (C=O) groups excluding carboxylic acids is 3. The number of allylic oxidation sites excluding steroid dienone is 3. The highest BCUT2D eigenvalue weighted by Gasteiger charge is 2.56. The number of carbonyl (C=O) groups is 3. The summed E-state index contributed by atoms with van der Waals surface area (Å²) in [5.41, 5.74) is 6.84. The molecular weight excluding hydrogens is 630 g/mol. The molecule has 252 valence electrons. The van der Waals surface area contributed by atoms with Crippen LogP contribution in [0, 0.1) is 34.9 Å². The Balaban J connectivity index is 1.43. The van der Waals surface area contributed by atoms with E-state index >= 15 is 4.39 Å². The summed E-state index contributed by atoms with van der Waals surface area (Å²) >= 11 is 12.9. The van der Waals surface area contributed by atoms with Gasteiger partial charge in [0, 0.05) is 40.6 Å². The Kier molecular flexibility index (Phi) is 10.6. The van der Waals surface area contributed by atoms with E-state index in [0.29, 0.717) is 49.3 Å². The number of halogens is 3. The van der Waals surface area contributed by atoms with E-state index in [1.807, 2.05) is 19.9 Å². The Labute approximate surface area is 281 Å². The van der Waals surface area contributed by atoms with Gasteiger partial charge >= 0.3 is 5.97 Å². The van der Waals surface area contributed by atoms with Gasteiger partial charge in [-0.05, 0) is 67.6 Å². The summed E-state index contributed by atoms with van der Waals surface area (Å²) in [6, 6.07) is 2.75. The summed E-state index contributed by atoms with van der Waals surface area (Å²) in [7, 11) is 0. The van der Waals surface area contributed by atoms with E-state index in [2.05, 4.69) is 36.7 Å². The maximum absolute atomic E-state index is 15.9. The van der Waals surface area contributed by atoms with Crippen molar-refractivity contribution >= 4 is 41.0 Å². The van der Waals surface area contributed by atoms with E-state index in [4.69, 9.17) is 33.7 Å². The Morgan fingerprint density at radius 1 is 1.11 bits per heavy atom. The third-order valence-electron chi connectivity index (χ3n) is 9.76. The van der Waals surface area contributed by atoms with E-state index in [-0.39, 0.29) is 69.7 Å². The third-order valence-corrected chi connectivity index (χ3v) is 10.3. The van der Waals surface area contributed by atoms with Crippen molar-refractivity contribution in [1.29, 1.82) is 0 Å². The molecule has 2 unspecified atom stereocenters. The fourth-order valence-electron chi connectivity index (χ4n) is 7.87. The van der Waals surface area contributed by atoms with Crippen molar-refractivity contribution in [3.05, 3.63) is 57.5 Å². The highest BCUT2D eigenvalue weighted by atomic mass is 35.5. The zero-order valence-electron chi connectivity index (χ0n) is 27.2. The fraction of sp³-hybridized carbons (Fsp3) is 0.629. The average molecular weight is 678 g/mol. The quantitative estimate of drug-likeness (QED) is 0.263. The first-order valence-electron chi connectivity index (χ1n) is 16.5. The number of amides is 2. The molecule has 0 spiro atoms. The number of hydrogen-bond acceptors (Lipinski definition) is 6. The summed E-state index contributed by atoms with van der Waals surface area (Å²) in [5.74, 6) is -3.48. The molecule has 3 fully saturated rings. The van der Waals surface area contributed by atoms with Crippen LogP contribution in [0.4, 0.5) is 4.39 Å². The van der Waals surface area contributed by atoms with Gasteiger partial charge in [-0.2, -0.15) is 0 Å². The van der Waals surface area contributed by atoms with Crippen LogP contribution in [0.5, 0.6) is 0 Å². The molecule has 2 heterocycles. The zero-order valence-corrected chi connectivity index (χ0v) is 28.8. The van der Waals surface area contributed by atoms with Gasteiger partial charge in [-0.3, -0.25) is 14.4 Å². The van der Waals surface area contributed by atoms with Gasteiger partial charge in [0.05, 0.1) is 17.0 Å². The average Bonchev–Trinajstić information content (AvgIpc) is 3.05. The summed E-state index contributed by atoms with van der Waals surface area (Å²) in [4.78, 5) is 40.7. The predicted octanol–water partition coefficient (Wildman–Crippen LogP) is 5.68. The number of rotatable bonds is 8. The smallest absolute Gasteiger partial charge is 0.323 e. The highest BCUT2D eigenvalue weighted by Crippen LogP contribution is 2.51. The molecule has 1 saturated carbocycles. The number of esters is 1. The van der Waals surface area contributed by atoms with Crippen molar-refractivity contribution in [2.75, 3.05) is 0 Å². The van der Waals surface area contributed by atoms with Crippen LogP contribution in [-0.2, 0) is 19.1 Å². The molecule has 5 N–H and O–H groups in total. The molecule has 2 aliphatic heterocycles. The van der Waals surface area contributed by atoms with Crippen LogP contribution in [0.15, 0.2) is 41.1 Å². The third kappa shape index (κ3) is 7.64. The van der Waals surface area contributed by atoms with Crippen molar-refractivity contribution in [1.82, 2.24) is 16.0 Å². The van der Waals surface area contributed by atoms with Gasteiger partial charge in [-0.1, -0.05) is 76.0 Å². The van der Waals surface area contributed by atoms with Crippen molar-refractivity contribution in [2.24, 2.45) is 34.8 Å². The minimum absolute atomic E-state index is 0.0706. The van der Waals surface area contributed by atoms with Crippen molar-refractivity contribution in [3.63, 3.8) is 0 Å². The minimum Gasteiger partial charge on any atom is -0.461 e. The lowest BCUT2D eigenvalue weighted by molar-refractivity contribution is -0.153. The molecule has 7 atom stereocenters. The minimum atomic E-state index is -0.933. The fourth-order valence-corrected chi connectivity index (χ4v) is 8.32. The highest BCUT2D eigenvalue weighted by molar-refractivity contribution is 6.31. The van der Waals surface area contributed by atoms with Crippen LogP contribution in [0.1, 0.15) is 84.6 Å². The standard InChI is InChI=1S/C35H47Cl2FN4O4/c1-17(2)13-24(39)34(45)46-20-11-9-19(10-12-20)40-33(44)31-28(21-7-6-8-23(37)30(21)38)29-22-14-18(36)15-25(42-32(29)43)27(22)26(41-31)16-35(3,4)5/h6-8,14-15,17,19-20,22,24,26-29,31,41H,9-13,16,39H2,1-5H3,(H,40,44)(H,42,43)/t19?,20?,22?,24-,26+,27?,28+,29+,31+/m0/s1. The molecule has 2 saturated heterocycles. The Bertz CT molecular complexity index is 1400. The molecule has 2 aliphatic carbocycles. The van der Waals surface area contributed by atoms with Gasteiger partial charge in [0.25, 0.3) is 0 Å². The van der Waals surface area contributed by atoms with Gasteiger partial charge in [0.1, 0.15) is 18.0 Å². The van der Waals surface area contributed by atoms with Gasteiger partial charge < -0.3 is 26.4 Å². The molecular formula is C35H47Cl2FN4O4. The summed E-state index contributed by atoms with van der Waals surface area (Å²) in [6.45, 7) is 10.4. The number of nitrogens with one attached hydrogen (secondary N) is 3. The molecule has 1 aromatic rings. The molecule has 2 amide bonds. The van der Waals surface area contributed by atoms with E-state index < -0.39 is 29.7 Å². The lowest BCUT2D eigenvalue weighted by Gasteiger charge is -2.44. The maximum Gasteiger partial charge on any atom is 0.323 e. The van der Waals surface area contributed by atoms with E-state index in [0.717, 1.165) is 0 Å². The van der Waals surface area contributed by atoms with Crippen LogP contribution in [0.3, 0.4) is 0 Å². The molecule has 1 aromatic carbocycles. The number of piperidine rings is 1. The van der Waals surface area contributed by atoms with Gasteiger partial charge in [0.15, 0.2) is 0 Å². The second kappa shape index (κ2) is 14.0. The lowest BCUT2D eigenvalue weighted by atomic mass is 9.64. The molecule has 46 heavy (non-hydrogen) atoms. The summed E-state index contributed by atoms with van der Waals surface area (Å²) < 4.78 is 21.6. The number of ether oxygens (including phenoxy) is 1. The number of benzene rings is 1. The van der Waals surface area contributed by atoms with Gasteiger partial charge in [0.2, 0.25) is 11.8 Å². The Hall–Kier alpha value is -2.46. The van der Waals surface area contributed by atoms with Crippen LogP contribution in [-0.4, -0.2) is 48.1 Å². The normalized spacial score (nSPS) is 31.7. The van der Waals surface area contributed by atoms with Gasteiger partial charge in [-0.15, -0.1) is 0 Å². The summed E-state index contributed by atoms with van der Waals surface area (Å²) in [5, 5.41) is 10.4. The molecule has 4 aliphatic rings. The largest absolute Gasteiger partial charge is 0.461 e. The first-order valence-corrected chi connectivity index (χ1v) is 17.2. The maximum atomic E-state index is 15.9. The van der Waals surface area contributed by atoms with E-state index in [1.54, 1.807) is 18.2 Å². The van der Waals surface area contributed by atoms with Crippen LogP contribution in [0.25, 0.3) is 0 Å². The van der Waals surface area contributed by atoms with Gasteiger partial charge in [-0.25, -0.2) is 4.39 Å². The second-order valence-electron chi connectivity index (χ2n) is 15.1. The zero-order chi connectivity index (χ0) is 33.5. The first kappa shape index (κ1) is 34.9. The Morgan fingerprint density at radius 2 is 1.80 bits per heavy atom. The Morgan fingerprint density at radius 3 is 2.46 bits per heavy atom. The SMILES string of the molecule is CC(C)C[C@H](N)C(=O)OC1CCC(NC(=O)[C@@H]2N[C@H](CC(C)(C)C)C3C4=CC(Cl)=CC3[C@@H](C(=O)N4)[C@H]2c2cccc(Cl)c2F)CC1. The number of hydrogen-bond donors (Lipinski definition) is 4. The second-order valence-corrected chi connectivity index (χ2v) is 16.0. The van der Waals surface area contributed by atoms with Crippen molar-refractivity contribution < 1.29 is 23.5 Å². The molecule has 11 heteroatoms. The predicted molar refractivity (Wildman–Crippen MR) is 177 cm³/mol. The first-order chi connectivity index (χ1) is 21.6. The van der Waals surface area contributed by atoms with E-state index in [9.17, 15) is 14.4 Å². The van der Waals surface area contributed by atoms with Crippen molar-refractivity contribution in [3.8, 4) is 0 Å². The molecule has 4 bridgehead atoms. The lowest BCUT2D eigenvalue weighted by Crippen LogP contribution is -2.55. The van der Waals surface area contributed by atoms with E-state index in [1.165, 1.54) is 6.07 Å². The molecule has 5 rings (SSSR count). The van der Waals surface area contributed by atoms with Crippen LogP contribution < -0.4 is 21.7 Å². The topological polar surface area (TPSA) is 123 Å². The summed E-state index contributed by atoms with van der Waals surface area (Å²) in [6.07, 6.45) is 7.07. The van der Waals surface area contributed by atoms with Crippen LogP contribution in [0.2, 0.25) is 5.02 Å². The molecule has 0 aromatic heterocycles.